The van der Waals surface area contributed by atoms with E-state index in [1.54, 1.807) is 11.4 Å². The Hall–Kier alpha value is 0.180. The number of thiophene rings is 1. The van der Waals surface area contributed by atoms with Crippen LogP contribution in [0, 0.1) is 3.57 Å². The topological polar surface area (TPSA) is 26.0 Å². The third-order valence-electron chi connectivity index (χ3n) is 1.43. The van der Waals surface area contributed by atoms with E-state index in [9.17, 15) is 13.2 Å². The summed E-state index contributed by atoms with van der Waals surface area (Å²) in [5.74, 6) is 0. The van der Waals surface area contributed by atoms with Crippen molar-refractivity contribution < 1.29 is 13.2 Å². The van der Waals surface area contributed by atoms with Crippen LogP contribution < -0.4 is 5.73 Å². The fraction of sp³-hybridized carbons (Fsp3) is 0.429. The van der Waals surface area contributed by atoms with Crippen LogP contribution in [0.3, 0.4) is 0 Å². The van der Waals surface area contributed by atoms with Gasteiger partial charge in [0.25, 0.3) is 0 Å². The predicted molar refractivity (Wildman–Crippen MR) is 54.6 cm³/mol. The monoisotopic (exact) mass is 321 g/mol. The van der Waals surface area contributed by atoms with Gasteiger partial charge in [0.2, 0.25) is 0 Å². The lowest BCUT2D eigenvalue weighted by atomic mass is 10.2. The Kier molecular flexibility index (Phi) is 3.58. The molecule has 13 heavy (non-hydrogen) atoms. The first-order chi connectivity index (χ1) is 5.90. The normalized spacial score (nSPS) is 14.5. The molecule has 0 radical (unpaired) electrons. The van der Waals surface area contributed by atoms with Crippen LogP contribution in [0.5, 0.6) is 0 Å². The number of alkyl halides is 3. The fourth-order valence-electron chi connectivity index (χ4n) is 0.912. The fourth-order valence-corrected chi connectivity index (χ4v) is 2.91. The summed E-state index contributed by atoms with van der Waals surface area (Å²) in [4.78, 5) is 0.609. The third-order valence-corrected chi connectivity index (χ3v) is 3.79. The summed E-state index contributed by atoms with van der Waals surface area (Å²) in [6, 6.07) is 0.837. The van der Waals surface area contributed by atoms with Gasteiger partial charge in [0.1, 0.15) is 0 Å². The Bertz CT molecular complexity index is 284. The van der Waals surface area contributed by atoms with Crippen molar-refractivity contribution in [3.8, 4) is 0 Å². The summed E-state index contributed by atoms with van der Waals surface area (Å²) in [6.45, 7) is 0. The zero-order valence-electron chi connectivity index (χ0n) is 6.44. The van der Waals surface area contributed by atoms with Gasteiger partial charge < -0.3 is 5.73 Å². The van der Waals surface area contributed by atoms with E-state index in [1.807, 2.05) is 22.6 Å². The Labute approximate surface area is 91.3 Å². The minimum atomic E-state index is -4.19. The average Bonchev–Trinajstić information content (AvgIpc) is 2.30. The third kappa shape index (κ3) is 3.43. The molecule has 0 aliphatic carbocycles. The van der Waals surface area contributed by atoms with Crippen molar-refractivity contribution in [2.24, 2.45) is 5.73 Å². The Morgan fingerprint density at radius 2 is 2.15 bits per heavy atom. The van der Waals surface area contributed by atoms with E-state index in [1.165, 1.54) is 11.3 Å². The maximum atomic E-state index is 12.0. The van der Waals surface area contributed by atoms with Gasteiger partial charge in [-0.3, -0.25) is 0 Å². The molecule has 0 unspecified atom stereocenters. The standard InChI is InChI=1S/C7H7F3INS/c8-7(9,10)3-5(12)6-4(11)1-2-13-6/h1-2,5H,3,12H2/t5-/m0/s1. The smallest absolute Gasteiger partial charge is 0.323 e. The molecule has 0 saturated carbocycles. The van der Waals surface area contributed by atoms with Crippen LogP contribution in [0.25, 0.3) is 0 Å². The Balaban J connectivity index is 2.69. The summed E-state index contributed by atoms with van der Waals surface area (Å²) in [7, 11) is 0. The molecule has 1 aromatic rings. The van der Waals surface area contributed by atoms with Gasteiger partial charge in [0.15, 0.2) is 0 Å². The second-order valence-corrected chi connectivity index (χ2v) is 4.67. The van der Waals surface area contributed by atoms with Crippen molar-refractivity contribution in [3.05, 3.63) is 19.9 Å². The number of hydrogen-bond donors (Lipinski definition) is 1. The zero-order valence-corrected chi connectivity index (χ0v) is 9.41. The van der Waals surface area contributed by atoms with Crippen LogP contribution >= 0.6 is 33.9 Å². The molecular weight excluding hydrogens is 314 g/mol. The first-order valence-corrected chi connectivity index (χ1v) is 5.41. The van der Waals surface area contributed by atoms with Gasteiger partial charge in [-0.05, 0) is 34.0 Å². The van der Waals surface area contributed by atoms with E-state index < -0.39 is 18.6 Å². The van der Waals surface area contributed by atoms with Crippen LogP contribution in [0.15, 0.2) is 11.4 Å². The van der Waals surface area contributed by atoms with Crippen LogP contribution in [-0.2, 0) is 0 Å². The molecule has 0 saturated heterocycles. The number of hydrogen-bond acceptors (Lipinski definition) is 2. The van der Waals surface area contributed by atoms with E-state index in [-0.39, 0.29) is 0 Å². The highest BCUT2D eigenvalue weighted by atomic mass is 127. The largest absolute Gasteiger partial charge is 0.390 e. The zero-order chi connectivity index (χ0) is 10.1. The first-order valence-electron chi connectivity index (χ1n) is 3.45. The summed E-state index contributed by atoms with van der Waals surface area (Å²) < 4.78 is 36.7. The van der Waals surface area contributed by atoms with E-state index in [4.69, 9.17) is 5.73 Å². The van der Waals surface area contributed by atoms with Crippen LogP contribution in [-0.4, -0.2) is 6.18 Å². The van der Waals surface area contributed by atoms with Gasteiger partial charge in [0.05, 0.1) is 6.42 Å². The van der Waals surface area contributed by atoms with Crippen LogP contribution in [0.2, 0.25) is 0 Å². The second kappa shape index (κ2) is 4.14. The molecule has 1 aromatic heterocycles. The molecule has 0 bridgehead atoms. The lowest BCUT2D eigenvalue weighted by Gasteiger charge is -2.12. The molecule has 6 heteroatoms. The van der Waals surface area contributed by atoms with Gasteiger partial charge in [-0.1, -0.05) is 0 Å². The molecular formula is C7H7F3INS. The highest BCUT2D eigenvalue weighted by molar-refractivity contribution is 14.1. The van der Waals surface area contributed by atoms with Gasteiger partial charge in [-0.15, -0.1) is 11.3 Å². The molecule has 0 amide bonds. The molecule has 0 aromatic carbocycles. The highest BCUT2D eigenvalue weighted by Crippen LogP contribution is 2.32. The minimum Gasteiger partial charge on any atom is -0.323 e. The van der Waals surface area contributed by atoms with Crippen molar-refractivity contribution in [2.45, 2.75) is 18.6 Å². The summed E-state index contributed by atoms with van der Waals surface area (Å²) in [6.07, 6.45) is -5.14. The second-order valence-electron chi connectivity index (χ2n) is 2.56. The summed E-state index contributed by atoms with van der Waals surface area (Å²) in [5.41, 5.74) is 5.41. The molecule has 0 aliphatic heterocycles. The van der Waals surface area contributed by atoms with Gasteiger partial charge in [-0.2, -0.15) is 13.2 Å². The molecule has 0 aliphatic rings. The van der Waals surface area contributed by atoms with E-state index in [0.29, 0.717) is 4.88 Å². The molecule has 1 heterocycles. The minimum absolute atomic E-state index is 0.609. The number of nitrogens with two attached hydrogens (primary N) is 1. The molecule has 2 N–H and O–H groups in total. The molecule has 0 fully saturated rings. The number of halogens is 4. The van der Waals surface area contributed by atoms with Crippen molar-refractivity contribution in [1.82, 2.24) is 0 Å². The SMILES string of the molecule is N[C@@H](CC(F)(F)F)c1sccc1I. The van der Waals surface area contributed by atoms with Crippen molar-refractivity contribution in [2.75, 3.05) is 0 Å². The highest BCUT2D eigenvalue weighted by Gasteiger charge is 2.31. The quantitative estimate of drug-likeness (QED) is 0.831. The van der Waals surface area contributed by atoms with Gasteiger partial charge >= 0.3 is 6.18 Å². The lowest BCUT2D eigenvalue weighted by Crippen LogP contribution is -2.19. The maximum absolute atomic E-state index is 12.0. The van der Waals surface area contributed by atoms with Crippen LogP contribution in [0.1, 0.15) is 17.3 Å². The maximum Gasteiger partial charge on any atom is 0.390 e. The molecule has 1 rings (SSSR count). The summed E-state index contributed by atoms with van der Waals surface area (Å²) >= 11 is 3.25. The lowest BCUT2D eigenvalue weighted by molar-refractivity contribution is -0.138. The van der Waals surface area contributed by atoms with Crippen LogP contribution in [0.4, 0.5) is 13.2 Å². The summed E-state index contributed by atoms with van der Waals surface area (Å²) in [5, 5.41) is 1.74. The molecule has 1 atom stereocenters. The van der Waals surface area contributed by atoms with E-state index in [2.05, 4.69) is 0 Å². The van der Waals surface area contributed by atoms with Crippen molar-refractivity contribution in [3.63, 3.8) is 0 Å². The Morgan fingerprint density at radius 1 is 1.54 bits per heavy atom. The van der Waals surface area contributed by atoms with E-state index >= 15 is 0 Å². The number of rotatable bonds is 2. The van der Waals surface area contributed by atoms with Gasteiger partial charge in [-0.25, -0.2) is 0 Å². The predicted octanol–water partition coefficient (Wildman–Crippen LogP) is 3.30. The Morgan fingerprint density at radius 3 is 2.54 bits per heavy atom. The molecule has 74 valence electrons. The van der Waals surface area contributed by atoms with E-state index in [0.717, 1.165) is 3.57 Å². The van der Waals surface area contributed by atoms with Crippen molar-refractivity contribution >= 4 is 33.9 Å². The molecule has 0 spiro atoms. The first kappa shape index (κ1) is 11.3. The average molecular weight is 321 g/mol. The molecule has 1 nitrogen and oxygen atoms in total. The van der Waals surface area contributed by atoms with Crippen molar-refractivity contribution in [1.29, 1.82) is 0 Å². The van der Waals surface area contributed by atoms with Gasteiger partial charge in [0, 0.05) is 14.5 Å².